The number of carbonyl (C=O) groups is 1. The van der Waals surface area contributed by atoms with Crippen molar-refractivity contribution in [3.8, 4) is 17.2 Å². The van der Waals surface area contributed by atoms with E-state index in [-0.39, 0.29) is 17.5 Å². The van der Waals surface area contributed by atoms with Crippen LogP contribution in [0, 0.1) is 17.1 Å². The average Bonchev–Trinajstić information content (AvgIpc) is 3.40. The number of anilines is 3. The molecule has 2 aliphatic rings. The lowest BCUT2D eigenvalue weighted by Crippen LogP contribution is -2.44. The Morgan fingerprint density at radius 2 is 1.82 bits per heavy atom. The van der Waals surface area contributed by atoms with E-state index in [2.05, 4.69) is 33.2 Å². The molecule has 4 aromatic rings. The second-order valence-electron chi connectivity index (χ2n) is 10.0. The molecule has 2 aliphatic heterocycles. The van der Waals surface area contributed by atoms with Gasteiger partial charge in [0, 0.05) is 50.5 Å². The first-order valence-corrected chi connectivity index (χ1v) is 13.3. The second kappa shape index (κ2) is 11.0. The highest BCUT2D eigenvalue weighted by Gasteiger charge is 2.23. The van der Waals surface area contributed by atoms with Gasteiger partial charge in [-0.3, -0.25) is 4.79 Å². The van der Waals surface area contributed by atoms with Crippen LogP contribution < -0.4 is 10.2 Å². The number of ether oxygens (including phenoxy) is 1. The zero-order valence-corrected chi connectivity index (χ0v) is 22.2. The summed E-state index contributed by atoms with van der Waals surface area (Å²) in [7, 11) is 2.10. The number of nitrogens with one attached hydrogen (secondary N) is 1. The fourth-order valence-electron chi connectivity index (χ4n) is 5.17. The van der Waals surface area contributed by atoms with Gasteiger partial charge in [0.1, 0.15) is 17.4 Å². The number of carbonyl (C=O) groups excluding carboxylic acids is 1. The predicted octanol–water partition coefficient (Wildman–Crippen LogP) is 4.47. The predicted molar refractivity (Wildman–Crippen MR) is 150 cm³/mol. The van der Waals surface area contributed by atoms with Crippen LogP contribution in [-0.4, -0.2) is 80.2 Å². The van der Waals surface area contributed by atoms with E-state index in [4.69, 9.17) is 9.15 Å². The number of nitrogens with zero attached hydrogens (tertiary/aromatic N) is 5. The summed E-state index contributed by atoms with van der Waals surface area (Å²) in [6.07, 6.45) is 0. The lowest BCUT2D eigenvalue weighted by molar-refractivity contribution is 0.0300. The van der Waals surface area contributed by atoms with Crippen LogP contribution in [0.5, 0.6) is 0 Å². The van der Waals surface area contributed by atoms with Crippen molar-refractivity contribution in [2.24, 2.45) is 0 Å². The monoisotopic (exact) mass is 540 g/mol. The van der Waals surface area contributed by atoms with Gasteiger partial charge in [-0.05, 0) is 49.0 Å². The fraction of sp³-hybridized carbons (Fsp3) is 0.300. The average molecular weight is 541 g/mol. The Kier molecular flexibility index (Phi) is 7.07. The van der Waals surface area contributed by atoms with Crippen LogP contribution >= 0.6 is 0 Å². The molecule has 1 amide bonds. The van der Waals surface area contributed by atoms with Crippen molar-refractivity contribution in [2.45, 2.75) is 0 Å². The number of likely N-dealkylation sites (N-methyl/N-ethyl adjacent to an activating group) is 1. The van der Waals surface area contributed by atoms with Gasteiger partial charge in [0.25, 0.3) is 11.9 Å². The molecule has 9 nitrogen and oxygen atoms in total. The maximum absolute atomic E-state index is 15.1. The molecule has 204 valence electrons. The van der Waals surface area contributed by atoms with E-state index in [1.807, 2.05) is 30.3 Å². The van der Waals surface area contributed by atoms with Gasteiger partial charge in [0.2, 0.25) is 0 Å². The number of halogens is 1. The fourth-order valence-corrected chi connectivity index (χ4v) is 5.17. The van der Waals surface area contributed by atoms with Gasteiger partial charge >= 0.3 is 0 Å². The Bertz CT molecular complexity index is 1600. The first-order chi connectivity index (χ1) is 19.5. The molecule has 2 saturated heterocycles. The van der Waals surface area contributed by atoms with Gasteiger partial charge in [-0.25, -0.2) is 4.39 Å². The Hall–Kier alpha value is -4.46. The molecule has 2 fully saturated rings. The van der Waals surface area contributed by atoms with Crippen molar-refractivity contribution >= 4 is 34.4 Å². The van der Waals surface area contributed by atoms with E-state index in [1.165, 1.54) is 12.1 Å². The van der Waals surface area contributed by atoms with E-state index in [9.17, 15) is 10.1 Å². The van der Waals surface area contributed by atoms with E-state index in [1.54, 1.807) is 17.0 Å². The highest BCUT2D eigenvalue weighted by atomic mass is 19.1. The van der Waals surface area contributed by atoms with Crippen LogP contribution in [0.1, 0.15) is 15.9 Å². The van der Waals surface area contributed by atoms with Crippen LogP contribution in [-0.2, 0) is 4.74 Å². The summed E-state index contributed by atoms with van der Waals surface area (Å²) in [5, 5.41) is 13.0. The number of morpholine rings is 1. The second-order valence-corrected chi connectivity index (χ2v) is 10.0. The highest BCUT2D eigenvalue weighted by molar-refractivity contribution is 5.96. The molecule has 3 aromatic carbocycles. The Labute approximate surface area is 231 Å². The number of aromatic nitrogens is 1. The molecule has 3 heterocycles. The minimum Gasteiger partial charge on any atom is -0.423 e. The molecule has 1 N–H and O–H groups in total. The first-order valence-electron chi connectivity index (χ1n) is 13.3. The highest BCUT2D eigenvalue weighted by Crippen LogP contribution is 2.33. The topological polar surface area (TPSA) is 97.9 Å². The van der Waals surface area contributed by atoms with Crippen molar-refractivity contribution < 1.29 is 18.3 Å². The normalized spacial score (nSPS) is 16.2. The summed E-state index contributed by atoms with van der Waals surface area (Å²) in [5.74, 6) is -0.930. The molecule has 0 radical (unpaired) electrons. The standard InChI is InChI=1S/C30H29FN6O3/c1-35-9-11-36(12-10-35)27-8-6-22(17-21(27)19-32)33-30-34-26-4-2-3-23(28(26)40-30)20-5-7-24(25(31)18-20)29(38)37-13-15-39-16-14-37/h2-8,17-18H,9-16H2,1H3,(H,33,34). The number of nitriles is 1. The number of rotatable bonds is 5. The Balaban J connectivity index is 1.24. The minimum absolute atomic E-state index is 0.0334. The number of amides is 1. The molecule has 0 saturated carbocycles. The summed E-state index contributed by atoms with van der Waals surface area (Å²) in [5.41, 5.74) is 4.53. The minimum atomic E-state index is -0.590. The van der Waals surface area contributed by atoms with Crippen LogP contribution in [0.25, 0.3) is 22.2 Å². The van der Waals surface area contributed by atoms with Crippen molar-refractivity contribution in [2.75, 3.05) is 69.7 Å². The molecular formula is C30H29FN6O3. The Morgan fingerprint density at radius 3 is 2.58 bits per heavy atom. The SMILES string of the molecule is CN1CCN(c2ccc(Nc3nc4cccc(-c5ccc(C(=O)N6CCOCC6)c(F)c5)c4o3)cc2C#N)CC1. The molecule has 0 atom stereocenters. The zero-order valence-electron chi connectivity index (χ0n) is 22.2. The van der Waals surface area contributed by atoms with Gasteiger partial charge in [-0.15, -0.1) is 0 Å². The molecule has 10 heteroatoms. The number of para-hydroxylation sites is 1. The van der Waals surface area contributed by atoms with Gasteiger partial charge in [-0.1, -0.05) is 18.2 Å². The van der Waals surface area contributed by atoms with Crippen LogP contribution in [0.2, 0.25) is 0 Å². The largest absolute Gasteiger partial charge is 0.423 e. The smallest absolute Gasteiger partial charge is 0.300 e. The van der Waals surface area contributed by atoms with Crippen molar-refractivity contribution in [3.63, 3.8) is 0 Å². The third-order valence-corrected chi connectivity index (χ3v) is 7.44. The Morgan fingerprint density at radius 1 is 1.02 bits per heavy atom. The first kappa shape index (κ1) is 25.8. The van der Waals surface area contributed by atoms with E-state index >= 15 is 4.39 Å². The summed E-state index contributed by atoms with van der Waals surface area (Å²) in [6.45, 7) is 5.44. The molecule has 40 heavy (non-hydrogen) atoms. The number of benzene rings is 3. The molecule has 0 unspecified atom stereocenters. The number of hydrogen-bond acceptors (Lipinski definition) is 8. The summed E-state index contributed by atoms with van der Waals surface area (Å²) >= 11 is 0. The van der Waals surface area contributed by atoms with E-state index in [0.717, 1.165) is 31.9 Å². The molecule has 0 bridgehead atoms. The molecule has 6 rings (SSSR count). The number of oxazole rings is 1. The third-order valence-electron chi connectivity index (χ3n) is 7.44. The van der Waals surface area contributed by atoms with Crippen molar-refractivity contribution in [1.29, 1.82) is 5.26 Å². The molecule has 1 aromatic heterocycles. The van der Waals surface area contributed by atoms with Gasteiger partial charge in [0.15, 0.2) is 5.58 Å². The van der Waals surface area contributed by atoms with Gasteiger partial charge in [0.05, 0.1) is 30.0 Å². The number of fused-ring (bicyclic) bond motifs is 1. The number of piperazine rings is 1. The van der Waals surface area contributed by atoms with Crippen LogP contribution in [0.3, 0.4) is 0 Å². The quantitative estimate of drug-likeness (QED) is 0.396. The third kappa shape index (κ3) is 5.09. The van der Waals surface area contributed by atoms with Crippen molar-refractivity contribution in [1.82, 2.24) is 14.8 Å². The van der Waals surface area contributed by atoms with Gasteiger partial charge < -0.3 is 29.2 Å². The summed E-state index contributed by atoms with van der Waals surface area (Å²) in [4.78, 5) is 23.5. The maximum atomic E-state index is 15.1. The van der Waals surface area contributed by atoms with E-state index in [0.29, 0.717) is 59.8 Å². The molecule has 0 spiro atoms. The van der Waals surface area contributed by atoms with Crippen molar-refractivity contribution in [3.05, 3.63) is 71.5 Å². The zero-order chi connectivity index (χ0) is 27.6. The molecular weight excluding hydrogens is 511 g/mol. The van der Waals surface area contributed by atoms with Crippen LogP contribution in [0.15, 0.2) is 59.0 Å². The van der Waals surface area contributed by atoms with Crippen LogP contribution in [0.4, 0.5) is 21.8 Å². The lowest BCUT2D eigenvalue weighted by atomic mass is 10.0. The maximum Gasteiger partial charge on any atom is 0.300 e. The number of hydrogen-bond donors (Lipinski definition) is 1. The van der Waals surface area contributed by atoms with Gasteiger partial charge in [-0.2, -0.15) is 10.2 Å². The molecule has 0 aliphatic carbocycles. The summed E-state index contributed by atoms with van der Waals surface area (Å²) in [6, 6.07) is 18.3. The summed E-state index contributed by atoms with van der Waals surface area (Å²) < 4.78 is 26.5. The lowest BCUT2D eigenvalue weighted by Gasteiger charge is -2.34. The van der Waals surface area contributed by atoms with E-state index < -0.39 is 5.82 Å².